The molecule has 5 bridgehead atoms. The van der Waals surface area contributed by atoms with Crippen molar-refractivity contribution in [3.63, 3.8) is 0 Å². The number of hydrogen-bond acceptors (Lipinski definition) is 15. The van der Waals surface area contributed by atoms with Crippen molar-refractivity contribution in [1.82, 2.24) is 19.4 Å². The van der Waals surface area contributed by atoms with Gasteiger partial charge in [0.1, 0.15) is 28.6 Å². The Hall–Kier alpha value is -5.82. The van der Waals surface area contributed by atoms with Crippen molar-refractivity contribution in [2.45, 2.75) is 130 Å². The molecule has 18 heteroatoms. The van der Waals surface area contributed by atoms with Crippen molar-refractivity contribution >= 4 is 34.2 Å². The number of phenols is 2. The largest absolute Gasteiger partial charge is 0.507 e. The van der Waals surface area contributed by atoms with Gasteiger partial charge < -0.3 is 59.1 Å². The topological polar surface area (TPSA) is 230 Å². The van der Waals surface area contributed by atoms with Crippen LogP contribution in [0.25, 0.3) is 10.8 Å². The van der Waals surface area contributed by atoms with Crippen molar-refractivity contribution in [3.8, 4) is 17.2 Å². The number of likely N-dealkylation sites (tertiary alicyclic amines) is 2. The van der Waals surface area contributed by atoms with Gasteiger partial charge in [-0.25, -0.2) is 9.78 Å². The van der Waals surface area contributed by atoms with Crippen LogP contribution >= 0.6 is 0 Å². The normalized spacial score (nSPS) is 31.3. The van der Waals surface area contributed by atoms with Gasteiger partial charge >= 0.3 is 11.9 Å². The van der Waals surface area contributed by atoms with E-state index in [1.54, 1.807) is 76.3 Å². The van der Waals surface area contributed by atoms with Crippen molar-refractivity contribution in [3.05, 3.63) is 76.7 Å². The molecular weight excluding hydrogens is 911 g/mol. The number of ether oxygens (including phenoxy) is 4. The molecule has 9 atom stereocenters. The van der Waals surface area contributed by atoms with Gasteiger partial charge in [0.15, 0.2) is 11.4 Å². The monoisotopic (exact) mass is 982 g/mol. The molecule has 71 heavy (non-hydrogen) atoms. The molecule has 2 fully saturated rings. The zero-order valence-corrected chi connectivity index (χ0v) is 42.6. The predicted molar refractivity (Wildman–Crippen MR) is 264 cm³/mol. The summed E-state index contributed by atoms with van der Waals surface area (Å²) in [5.74, 6) is -6.11. The number of allylic oxidation sites excluding steroid dienone is 2. The average Bonchev–Trinajstić information content (AvgIpc) is 4.09. The Balaban J connectivity index is 1.20. The summed E-state index contributed by atoms with van der Waals surface area (Å²) >= 11 is 0. The van der Waals surface area contributed by atoms with E-state index in [-0.39, 0.29) is 61.4 Å². The maximum Gasteiger partial charge on any atom is 0.410 e. The summed E-state index contributed by atoms with van der Waals surface area (Å²) in [6.07, 6.45) is 11.2. The second-order valence-corrected chi connectivity index (χ2v) is 21.0. The van der Waals surface area contributed by atoms with Crippen LogP contribution in [0, 0.1) is 36.5 Å². The third-order valence-corrected chi connectivity index (χ3v) is 15.5. The molecule has 0 unspecified atom stereocenters. The Labute approximate surface area is 414 Å². The number of carbonyl (C=O) groups excluding carboxylic acids is 3. The Morgan fingerprint density at radius 3 is 2.27 bits per heavy atom. The number of aliphatic hydroxyl groups is 2. The smallest absolute Gasteiger partial charge is 0.410 e. The first kappa shape index (κ1) is 51.5. The highest BCUT2D eigenvalue weighted by Crippen LogP contribution is 2.50. The number of fused-ring (bicyclic) bond motifs is 13. The van der Waals surface area contributed by atoms with Crippen LogP contribution in [-0.2, 0) is 19.0 Å². The van der Waals surface area contributed by atoms with Crippen LogP contribution in [0.1, 0.15) is 103 Å². The highest BCUT2D eigenvalue weighted by molar-refractivity contribution is 6.19. The summed E-state index contributed by atoms with van der Waals surface area (Å²) in [4.78, 5) is 61.6. The highest BCUT2D eigenvalue weighted by atomic mass is 16.7. The fraction of sp³-hybridized carbons (Fsp3) is 0.585. The zero-order valence-electron chi connectivity index (χ0n) is 42.6. The fourth-order valence-corrected chi connectivity index (χ4v) is 11.0. The number of benzene rings is 2. The predicted octanol–water partition coefficient (Wildman–Crippen LogP) is 5.86. The number of aromatic nitrogens is 2. The molecule has 384 valence electrons. The van der Waals surface area contributed by atoms with Crippen LogP contribution in [0.3, 0.4) is 0 Å². The van der Waals surface area contributed by atoms with E-state index >= 15 is 0 Å². The number of carbonyl (C=O) groups is 3. The first-order valence-corrected chi connectivity index (χ1v) is 25.0. The summed E-state index contributed by atoms with van der Waals surface area (Å²) in [7, 11) is 1.49. The number of anilines is 1. The van der Waals surface area contributed by atoms with E-state index in [0.29, 0.717) is 57.8 Å². The molecule has 0 aliphatic carbocycles. The van der Waals surface area contributed by atoms with E-state index in [4.69, 9.17) is 28.9 Å². The molecule has 0 saturated carbocycles. The minimum absolute atomic E-state index is 0.0328. The second kappa shape index (κ2) is 20.4. The number of aliphatic hydroxyl groups excluding tert-OH is 2. The maximum atomic E-state index is 14.9. The lowest BCUT2D eigenvalue weighted by molar-refractivity contribution is -0.112. The van der Waals surface area contributed by atoms with Crippen molar-refractivity contribution in [2.75, 3.05) is 45.2 Å². The van der Waals surface area contributed by atoms with Gasteiger partial charge in [-0.1, -0.05) is 59.8 Å². The van der Waals surface area contributed by atoms with E-state index < -0.39 is 83.1 Å². The first-order chi connectivity index (χ1) is 33.7. The molecule has 18 nitrogen and oxygen atoms in total. The van der Waals surface area contributed by atoms with E-state index in [2.05, 4.69) is 29.0 Å². The van der Waals surface area contributed by atoms with Crippen molar-refractivity contribution in [2.24, 2.45) is 39.6 Å². The summed E-state index contributed by atoms with van der Waals surface area (Å²) < 4.78 is 27.0. The number of nitrogens with one attached hydrogen (secondary N) is 1. The Morgan fingerprint density at radius 1 is 0.930 bits per heavy atom. The number of rotatable bonds is 5. The second-order valence-electron chi connectivity index (χ2n) is 21.0. The van der Waals surface area contributed by atoms with Gasteiger partial charge in [-0.15, -0.1) is 0 Å². The standard InChI is InChI=1S/C53H71N7O11/c1-28(2)26-58-22-17-53(18-23-58)56-40-37-38-45(63)34(8)48-39(37)49(65)52(9,71-48)69-25-16-36(68-10)31(5)47(70-51(67)59-20-14-35(15-21-59)60-24-19-54-27-60)33(7)44(62)32(6)43(61)29(3)12-11-13-30(4)50(66)55-42(46(38)64)41(40)57-53/h11-13,16,19,24-25,27-29,31-33,35-36,43-44,47,61-64H,14-15,17-18,20-23,26H2,1-10H3,(H,55,66)/b12-11+,25-16+,30-13-/t29-,31+,32+,33+,36-,43-,44+,47+,52-/m0/s1. The van der Waals surface area contributed by atoms with Gasteiger partial charge in [0, 0.05) is 118 Å². The molecule has 6 aliphatic rings. The fourth-order valence-electron chi connectivity index (χ4n) is 11.0. The molecule has 0 radical (unpaired) electrons. The molecule has 2 aromatic carbocycles. The maximum absolute atomic E-state index is 14.9. The third-order valence-electron chi connectivity index (χ3n) is 15.5. The van der Waals surface area contributed by atoms with Crippen LogP contribution in [0.4, 0.5) is 10.5 Å². The lowest BCUT2D eigenvalue weighted by Crippen LogP contribution is -2.49. The number of piperidine rings is 2. The lowest BCUT2D eigenvalue weighted by atomic mass is 9.78. The Bertz CT molecular complexity index is 2740. The minimum Gasteiger partial charge on any atom is -0.507 e. The van der Waals surface area contributed by atoms with Gasteiger partial charge in [0.2, 0.25) is 0 Å². The van der Waals surface area contributed by atoms with Gasteiger partial charge in [0.25, 0.3) is 11.7 Å². The number of phenolic OH excluding ortho intramolecular Hbond substituents is 2. The van der Waals surface area contributed by atoms with Gasteiger partial charge in [-0.3, -0.25) is 19.6 Å². The molecule has 1 spiro atoms. The molecule has 7 heterocycles. The highest BCUT2D eigenvalue weighted by Gasteiger charge is 2.50. The van der Waals surface area contributed by atoms with Crippen molar-refractivity contribution in [1.29, 1.82) is 0 Å². The zero-order chi connectivity index (χ0) is 51.3. The molecule has 2 saturated heterocycles. The number of methoxy groups -OCH3 is 1. The number of ketones is 1. The Kier molecular flexibility index (Phi) is 14.8. The number of hydrogen-bond donors (Lipinski definition) is 5. The minimum atomic E-state index is -1.99. The molecule has 9 rings (SSSR count). The van der Waals surface area contributed by atoms with Crippen LogP contribution in [-0.4, -0.2) is 133 Å². The Morgan fingerprint density at radius 2 is 1.62 bits per heavy atom. The quantitative estimate of drug-likeness (QED) is 0.189. The molecule has 5 N–H and O–H groups in total. The SMILES string of the molecule is CO[C@H]1/C=C/O[C@@]2(C)Oc3c(C)c(O)c4c(O)c(c5c(c4c3C2=O)=NC2(CCN(CC(C)C)CC2)N=5)NC(=O)/C(C)=C\C=C\[C@H](C)[C@H](O)[C@@H](C)[C@@H](O)[C@@H](C)[C@H](OC(=O)N2CCC(n3ccnc3)CC2)[C@@H]1C. The summed E-state index contributed by atoms with van der Waals surface area (Å²) in [5.41, 5.74) is -0.599. The number of nitrogens with zero attached hydrogens (tertiary/aromatic N) is 6. The molecule has 6 aliphatic heterocycles. The molecule has 2 amide bonds. The van der Waals surface area contributed by atoms with E-state index in [1.165, 1.54) is 20.3 Å². The number of aromatic hydroxyl groups is 2. The van der Waals surface area contributed by atoms with Gasteiger partial charge in [0.05, 0.1) is 47.2 Å². The van der Waals surface area contributed by atoms with E-state index in [1.807, 2.05) is 17.7 Å². The van der Waals surface area contributed by atoms with E-state index in [0.717, 1.165) is 6.54 Å². The van der Waals surface area contributed by atoms with Gasteiger partial charge in [-0.05, 0) is 38.7 Å². The van der Waals surface area contributed by atoms with Crippen molar-refractivity contribution < 1.29 is 53.8 Å². The number of imidazole rings is 1. The van der Waals surface area contributed by atoms with Crippen LogP contribution < -0.4 is 20.8 Å². The van der Waals surface area contributed by atoms with Crippen LogP contribution in [0.2, 0.25) is 0 Å². The van der Waals surface area contributed by atoms with Crippen LogP contribution in [0.5, 0.6) is 17.2 Å². The summed E-state index contributed by atoms with van der Waals surface area (Å²) in [6, 6.07) is 0.187. The van der Waals surface area contributed by atoms with Crippen LogP contribution in [0.15, 0.2) is 64.8 Å². The summed E-state index contributed by atoms with van der Waals surface area (Å²) in [5, 5.41) is 51.1. The van der Waals surface area contributed by atoms with E-state index in [9.17, 15) is 34.8 Å². The molecule has 1 aromatic heterocycles. The third kappa shape index (κ3) is 9.79. The molecule has 3 aromatic rings. The average molecular weight is 982 g/mol. The number of amides is 2. The summed E-state index contributed by atoms with van der Waals surface area (Å²) in [6.45, 7) is 19.3. The molecular formula is C53H71N7O11. The number of Topliss-reactive ketones (excluding diaryl/α,β-unsaturated/α-hetero) is 1. The lowest BCUT2D eigenvalue weighted by Gasteiger charge is -2.39. The first-order valence-electron chi connectivity index (χ1n) is 25.0. The van der Waals surface area contributed by atoms with Gasteiger partial charge in [-0.2, -0.15) is 0 Å².